The molecule has 0 unspecified atom stereocenters. The summed E-state index contributed by atoms with van der Waals surface area (Å²) in [5, 5.41) is 7.29. The molecule has 25 heavy (non-hydrogen) atoms. The highest BCUT2D eigenvalue weighted by Crippen LogP contribution is 2.30. The average molecular weight is 337 g/mol. The van der Waals surface area contributed by atoms with Gasteiger partial charge in [0.1, 0.15) is 5.52 Å². The van der Waals surface area contributed by atoms with Gasteiger partial charge in [0.25, 0.3) is 0 Å². The topological polar surface area (TPSA) is 93.5 Å². The molecule has 3 heterocycles. The van der Waals surface area contributed by atoms with Crippen LogP contribution in [0.25, 0.3) is 16.8 Å². The molecule has 3 aromatic rings. The molecule has 0 amide bonds. The van der Waals surface area contributed by atoms with E-state index in [2.05, 4.69) is 34.2 Å². The fraction of sp³-hybridized carbons (Fsp3) is 0.333. The molecule has 0 bridgehead atoms. The molecule has 0 spiro atoms. The van der Waals surface area contributed by atoms with Crippen LogP contribution < -0.4 is 11.1 Å². The molecule has 0 fully saturated rings. The lowest BCUT2D eigenvalue weighted by Gasteiger charge is -2.09. The van der Waals surface area contributed by atoms with E-state index in [1.165, 1.54) is 0 Å². The van der Waals surface area contributed by atoms with Crippen LogP contribution in [0.15, 0.2) is 29.4 Å². The van der Waals surface area contributed by atoms with E-state index in [0.717, 1.165) is 33.9 Å². The van der Waals surface area contributed by atoms with Gasteiger partial charge in [0.2, 0.25) is 5.95 Å². The van der Waals surface area contributed by atoms with Crippen molar-refractivity contribution in [1.29, 1.82) is 0 Å². The van der Waals surface area contributed by atoms with Crippen LogP contribution in [-0.2, 0) is 0 Å². The second kappa shape index (κ2) is 6.51. The number of aryl methyl sites for hydroxylation is 1. The van der Waals surface area contributed by atoms with Gasteiger partial charge in [-0.15, -0.1) is 5.10 Å². The zero-order chi connectivity index (χ0) is 18.1. The van der Waals surface area contributed by atoms with Gasteiger partial charge in [0.15, 0.2) is 5.82 Å². The van der Waals surface area contributed by atoms with Crippen molar-refractivity contribution in [3.63, 3.8) is 0 Å². The molecule has 0 radical (unpaired) electrons. The molecule has 0 aliphatic rings. The van der Waals surface area contributed by atoms with Gasteiger partial charge in [-0.3, -0.25) is 9.98 Å². The van der Waals surface area contributed by atoms with Crippen LogP contribution in [0, 0.1) is 12.8 Å². The van der Waals surface area contributed by atoms with Gasteiger partial charge in [0.05, 0.1) is 17.1 Å². The number of fused-ring (bicyclic) bond motifs is 1. The molecule has 0 aliphatic carbocycles. The molecule has 7 heteroatoms. The quantitative estimate of drug-likeness (QED) is 0.711. The van der Waals surface area contributed by atoms with Crippen LogP contribution in [0.3, 0.4) is 0 Å². The van der Waals surface area contributed by atoms with Gasteiger partial charge in [-0.2, -0.15) is 4.98 Å². The molecular weight excluding hydrogens is 314 g/mol. The molecule has 0 atom stereocenters. The van der Waals surface area contributed by atoms with Gasteiger partial charge in [-0.1, -0.05) is 13.8 Å². The number of nitrogens with two attached hydrogens (primary N) is 1. The third-order valence-corrected chi connectivity index (χ3v) is 4.23. The van der Waals surface area contributed by atoms with Crippen molar-refractivity contribution < 1.29 is 0 Å². The Morgan fingerprint density at radius 1 is 1.24 bits per heavy atom. The second-order valence-corrected chi connectivity index (χ2v) is 6.30. The number of pyridine rings is 1. The molecule has 7 nitrogen and oxygen atoms in total. The van der Waals surface area contributed by atoms with Gasteiger partial charge < -0.3 is 11.1 Å². The highest BCUT2D eigenvalue weighted by molar-refractivity contribution is 5.89. The highest BCUT2D eigenvalue weighted by Gasteiger charge is 2.14. The number of aliphatic imine (C=N–C) groups is 1. The van der Waals surface area contributed by atoms with Crippen LogP contribution in [-0.4, -0.2) is 32.3 Å². The summed E-state index contributed by atoms with van der Waals surface area (Å²) in [7, 11) is 1.81. The first kappa shape index (κ1) is 16.9. The van der Waals surface area contributed by atoms with E-state index in [0.29, 0.717) is 11.7 Å². The van der Waals surface area contributed by atoms with E-state index >= 15 is 0 Å². The van der Waals surface area contributed by atoms with Crippen LogP contribution in [0.2, 0.25) is 0 Å². The first-order chi connectivity index (χ1) is 11.9. The summed E-state index contributed by atoms with van der Waals surface area (Å²) < 4.78 is 1.72. The van der Waals surface area contributed by atoms with E-state index in [9.17, 15) is 0 Å². The summed E-state index contributed by atoms with van der Waals surface area (Å²) in [6.45, 7) is 8.28. The first-order valence-electron chi connectivity index (χ1n) is 8.26. The maximum atomic E-state index is 5.75. The lowest BCUT2D eigenvalue weighted by molar-refractivity contribution is 0.878. The Hall–Kier alpha value is -2.96. The second-order valence-electron chi connectivity index (χ2n) is 6.30. The van der Waals surface area contributed by atoms with E-state index in [1.807, 2.05) is 45.3 Å². The first-order valence-corrected chi connectivity index (χ1v) is 8.26. The van der Waals surface area contributed by atoms with E-state index in [1.54, 1.807) is 4.52 Å². The standard InChI is InChI=1S/C18H23N7/c1-10(2)11(3)21-14-6-7-15(22-12(14)4)13-8-9-25-16(13)17(20-5)23-18(19)24-25/h6-10H,1-5H3,(H3,19,20,23,24). The van der Waals surface area contributed by atoms with Crippen molar-refractivity contribution in [2.75, 3.05) is 18.1 Å². The summed E-state index contributed by atoms with van der Waals surface area (Å²) in [6, 6.07) is 5.95. The molecule has 0 saturated heterocycles. The number of nitrogen functional groups attached to an aromatic ring is 1. The lowest BCUT2D eigenvalue weighted by atomic mass is 10.1. The fourth-order valence-corrected chi connectivity index (χ4v) is 2.56. The van der Waals surface area contributed by atoms with Crippen molar-refractivity contribution in [2.45, 2.75) is 27.7 Å². The number of hydrogen-bond acceptors (Lipinski definition) is 6. The Labute approximate surface area is 147 Å². The maximum Gasteiger partial charge on any atom is 0.240 e. The van der Waals surface area contributed by atoms with E-state index in [4.69, 9.17) is 10.7 Å². The number of rotatable bonds is 4. The third-order valence-electron chi connectivity index (χ3n) is 4.23. The zero-order valence-electron chi connectivity index (χ0n) is 15.2. The number of nitrogens with one attached hydrogen (secondary N) is 1. The van der Waals surface area contributed by atoms with Gasteiger partial charge >= 0.3 is 0 Å². The zero-order valence-corrected chi connectivity index (χ0v) is 15.2. The van der Waals surface area contributed by atoms with E-state index < -0.39 is 0 Å². The Balaban J connectivity index is 2.11. The summed E-state index contributed by atoms with van der Waals surface area (Å²) >= 11 is 0. The van der Waals surface area contributed by atoms with Crippen LogP contribution in [0.4, 0.5) is 17.5 Å². The molecular formula is C18H23N7. The normalized spacial score (nSPS) is 12.2. The summed E-state index contributed by atoms with van der Waals surface area (Å²) in [6.07, 6.45) is 1.86. The van der Waals surface area contributed by atoms with E-state index in [-0.39, 0.29) is 5.95 Å². The predicted molar refractivity (Wildman–Crippen MR) is 103 cm³/mol. The summed E-state index contributed by atoms with van der Waals surface area (Å²) in [4.78, 5) is 13.7. The molecule has 0 aromatic carbocycles. The Morgan fingerprint density at radius 3 is 2.64 bits per heavy atom. The highest BCUT2D eigenvalue weighted by atomic mass is 15.3. The Bertz CT molecular complexity index is 953. The van der Waals surface area contributed by atoms with Crippen molar-refractivity contribution in [3.05, 3.63) is 30.1 Å². The molecule has 0 aliphatic heterocycles. The minimum absolute atomic E-state index is 0.219. The minimum atomic E-state index is 0.219. The molecule has 3 aromatic heterocycles. The number of aromatic nitrogens is 4. The van der Waals surface area contributed by atoms with Crippen molar-refractivity contribution in [2.24, 2.45) is 10.9 Å². The van der Waals surface area contributed by atoms with Crippen LogP contribution in [0.5, 0.6) is 0 Å². The Morgan fingerprint density at radius 2 is 2.00 bits per heavy atom. The number of nitrogens with zero attached hydrogens (tertiary/aromatic N) is 5. The average Bonchev–Trinajstić information content (AvgIpc) is 2.99. The Kier molecular flexibility index (Phi) is 4.39. The van der Waals surface area contributed by atoms with Crippen molar-refractivity contribution in [3.8, 4) is 11.3 Å². The van der Waals surface area contributed by atoms with Gasteiger partial charge in [-0.05, 0) is 38.0 Å². The van der Waals surface area contributed by atoms with Crippen molar-refractivity contribution >= 4 is 28.7 Å². The summed E-state index contributed by atoms with van der Waals surface area (Å²) in [5.74, 6) is 1.30. The monoisotopic (exact) mass is 337 g/mol. The van der Waals surface area contributed by atoms with Gasteiger partial charge in [0, 0.05) is 24.5 Å². The smallest absolute Gasteiger partial charge is 0.240 e. The fourth-order valence-electron chi connectivity index (χ4n) is 2.56. The lowest BCUT2D eigenvalue weighted by Crippen LogP contribution is -2.05. The van der Waals surface area contributed by atoms with Gasteiger partial charge in [-0.25, -0.2) is 4.52 Å². The molecule has 3 N–H and O–H groups in total. The predicted octanol–water partition coefficient (Wildman–Crippen LogP) is 3.47. The number of anilines is 2. The SMILES string of the molecule is CNc1nc(N)nn2ccc(-c3ccc(N=C(C)C(C)C)c(C)n3)c12. The van der Waals surface area contributed by atoms with Crippen molar-refractivity contribution in [1.82, 2.24) is 19.6 Å². The minimum Gasteiger partial charge on any atom is -0.371 e. The third kappa shape index (κ3) is 3.17. The van der Waals surface area contributed by atoms with Crippen LogP contribution >= 0.6 is 0 Å². The maximum absolute atomic E-state index is 5.75. The number of hydrogen-bond donors (Lipinski definition) is 2. The molecule has 130 valence electrons. The molecule has 3 rings (SSSR count). The van der Waals surface area contributed by atoms with Crippen LogP contribution in [0.1, 0.15) is 26.5 Å². The molecule has 0 saturated carbocycles. The largest absolute Gasteiger partial charge is 0.371 e. The summed E-state index contributed by atoms with van der Waals surface area (Å²) in [5.41, 5.74) is 11.3.